The number of hydrogen-bond acceptors (Lipinski definition) is 4. The molecule has 2 N–H and O–H groups in total. The largest absolute Gasteiger partial charge is 0.340 e. The average molecular weight is 460 g/mol. The Bertz CT molecular complexity index is 1110. The fourth-order valence-corrected chi connectivity index (χ4v) is 5.93. The maximum Gasteiger partial charge on any atom is 0.255 e. The van der Waals surface area contributed by atoms with E-state index < -0.39 is 6.04 Å². The van der Waals surface area contributed by atoms with Gasteiger partial charge in [-0.15, -0.1) is 11.3 Å². The lowest BCUT2D eigenvalue weighted by molar-refractivity contribution is -0.134. The van der Waals surface area contributed by atoms with Crippen LogP contribution in [0, 0.1) is 0 Å². The number of thiophene rings is 1. The molecule has 3 atom stereocenters. The molecule has 3 heterocycles. The quantitative estimate of drug-likeness (QED) is 0.621. The molecule has 2 amide bonds. The van der Waals surface area contributed by atoms with Gasteiger partial charge in [-0.25, -0.2) is 0 Å². The van der Waals surface area contributed by atoms with E-state index in [0.29, 0.717) is 37.5 Å². The van der Waals surface area contributed by atoms with Crippen LogP contribution in [0.25, 0.3) is 0 Å². The number of nitrogens with zero attached hydrogens (tertiary/aromatic N) is 2. The highest BCUT2D eigenvalue weighted by atomic mass is 32.1. The fraction of sp³-hybridized carbons (Fsp3) is 0.333. The number of amides is 2. The van der Waals surface area contributed by atoms with E-state index in [2.05, 4.69) is 36.4 Å². The molecular weight excluding hydrogens is 430 g/mol. The van der Waals surface area contributed by atoms with Crippen LogP contribution in [0.15, 0.2) is 72.1 Å². The molecule has 2 fully saturated rings. The number of benzene rings is 2. The molecule has 0 bridgehead atoms. The van der Waals surface area contributed by atoms with Gasteiger partial charge in [0.05, 0.1) is 5.56 Å². The maximum absolute atomic E-state index is 13.7. The van der Waals surface area contributed by atoms with Crippen LogP contribution in [0.4, 0.5) is 0 Å². The normalized spacial score (nSPS) is 22.6. The van der Waals surface area contributed by atoms with E-state index in [1.165, 1.54) is 22.5 Å². The minimum atomic E-state index is -0.432. The molecular formula is C27H29N3O2S. The summed E-state index contributed by atoms with van der Waals surface area (Å²) in [5.41, 5.74) is 8.86. The van der Waals surface area contributed by atoms with Crippen LogP contribution < -0.4 is 5.73 Å². The van der Waals surface area contributed by atoms with Crippen molar-refractivity contribution >= 4 is 23.2 Å². The van der Waals surface area contributed by atoms with E-state index in [1.54, 1.807) is 4.90 Å². The lowest BCUT2D eigenvalue weighted by Crippen LogP contribution is -2.47. The second-order valence-corrected chi connectivity index (χ2v) is 10.00. The SMILES string of the molecule is NCc1cc(C(=O)N2C[C@@H](c3ccccc3)C[C@H]2C(=O)N2CCC(c3ccccc3)C2)cs1. The zero-order valence-electron chi connectivity index (χ0n) is 18.6. The van der Waals surface area contributed by atoms with Gasteiger partial charge < -0.3 is 15.5 Å². The number of carbonyl (C=O) groups excluding carboxylic acids is 2. The van der Waals surface area contributed by atoms with E-state index >= 15 is 0 Å². The zero-order chi connectivity index (χ0) is 22.8. The summed E-state index contributed by atoms with van der Waals surface area (Å²) in [6.07, 6.45) is 1.62. The molecule has 0 saturated carbocycles. The lowest BCUT2D eigenvalue weighted by Gasteiger charge is -2.28. The summed E-state index contributed by atoms with van der Waals surface area (Å²) in [6, 6.07) is 22.1. The predicted octanol–water partition coefficient (Wildman–Crippen LogP) is 4.22. The number of nitrogens with two attached hydrogens (primary N) is 1. The molecule has 6 heteroatoms. The Balaban J connectivity index is 1.37. The molecule has 170 valence electrons. The molecule has 0 spiro atoms. The minimum absolute atomic E-state index is 0.0680. The van der Waals surface area contributed by atoms with Gasteiger partial charge in [-0.1, -0.05) is 60.7 Å². The Kier molecular flexibility index (Phi) is 6.29. The van der Waals surface area contributed by atoms with E-state index in [4.69, 9.17) is 5.73 Å². The summed E-state index contributed by atoms with van der Waals surface area (Å²) in [7, 11) is 0. The summed E-state index contributed by atoms with van der Waals surface area (Å²) in [6.45, 7) is 2.43. The first-order valence-corrected chi connectivity index (χ1v) is 12.5. The van der Waals surface area contributed by atoms with E-state index in [1.807, 2.05) is 40.6 Å². The Hall–Kier alpha value is -2.96. The number of rotatable bonds is 5. The van der Waals surface area contributed by atoms with Gasteiger partial charge in [0, 0.05) is 48.3 Å². The molecule has 2 aliphatic rings. The maximum atomic E-state index is 13.7. The van der Waals surface area contributed by atoms with Crippen LogP contribution in [0.1, 0.15) is 51.0 Å². The second-order valence-electron chi connectivity index (χ2n) is 9.00. The van der Waals surface area contributed by atoms with Crippen molar-refractivity contribution < 1.29 is 9.59 Å². The van der Waals surface area contributed by atoms with Crippen molar-refractivity contribution in [3.05, 3.63) is 93.7 Å². The zero-order valence-corrected chi connectivity index (χ0v) is 19.4. The smallest absolute Gasteiger partial charge is 0.255 e. The highest BCUT2D eigenvalue weighted by Crippen LogP contribution is 2.36. The van der Waals surface area contributed by atoms with E-state index in [-0.39, 0.29) is 17.7 Å². The van der Waals surface area contributed by atoms with Crippen LogP contribution >= 0.6 is 11.3 Å². The fourth-order valence-electron chi connectivity index (χ4n) is 5.20. The summed E-state index contributed by atoms with van der Waals surface area (Å²) in [4.78, 5) is 32.0. The van der Waals surface area contributed by atoms with Gasteiger partial charge in [-0.3, -0.25) is 9.59 Å². The first-order chi connectivity index (χ1) is 16.1. The molecule has 2 aliphatic heterocycles. The highest BCUT2D eigenvalue weighted by molar-refractivity contribution is 7.10. The minimum Gasteiger partial charge on any atom is -0.340 e. The van der Waals surface area contributed by atoms with Crippen LogP contribution in [0.5, 0.6) is 0 Å². The molecule has 2 aromatic carbocycles. The van der Waals surface area contributed by atoms with Gasteiger partial charge in [-0.05, 0) is 30.0 Å². The first-order valence-electron chi connectivity index (χ1n) is 11.6. The topological polar surface area (TPSA) is 66.6 Å². The summed E-state index contributed by atoms with van der Waals surface area (Å²) < 4.78 is 0. The number of carbonyl (C=O) groups is 2. The Morgan fingerprint density at radius 3 is 2.24 bits per heavy atom. The Morgan fingerprint density at radius 2 is 1.61 bits per heavy atom. The number of hydrogen-bond donors (Lipinski definition) is 1. The third-order valence-electron chi connectivity index (χ3n) is 6.99. The van der Waals surface area contributed by atoms with Gasteiger partial charge >= 0.3 is 0 Å². The van der Waals surface area contributed by atoms with Crippen LogP contribution in [-0.4, -0.2) is 47.3 Å². The molecule has 1 aromatic heterocycles. The van der Waals surface area contributed by atoms with Crippen LogP contribution in [-0.2, 0) is 11.3 Å². The molecule has 0 radical (unpaired) electrons. The lowest BCUT2D eigenvalue weighted by atomic mass is 9.96. The van der Waals surface area contributed by atoms with E-state index in [0.717, 1.165) is 17.8 Å². The molecule has 0 aliphatic carbocycles. The van der Waals surface area contributed by atoms with Gasteiger partial charge in [0.15, 0.2) is 0 Å². The molecule has 1 unspecified atom stereocenters. The highest BCUT2D eigenvalue weighted by Gasteiger charge is 2.43. The van der Waals surface area contributed by atoms with Crippen LogP contribution in [0.3, 0.4) is 0 Å². The summed E-state index contributed by atoms with van der Waals surface area (Å²) in [5, 5.41) is 1.86. The van der Waals surface area contributed by atoms with Gasteiger partial charge in [0.25, 0.3) is 5.91 Å². The van der Waals surface area contributed by atoms with Crippen molar-refractivity contribution in [2.45, 2.75) is 37.3 Å². The molecule has 3 aromatic rings. The van der Waals surface area contributed by atoms with Crippen molar-refractivity contribution in [1.29, 1.82) is 0 Å². The monoisotopic (exact) mass is 459 g/mol. The molecule has 2 saturated heterocycles. The molecule has 5 nitrogen and oxygen atoms in total. The number of likely N-dealkylation sites (tertiary alicyclic amines) is 2. The predicted molar refractivity (Wildman–Crippen MR) is 131 cm³/mol. The van der Waals surface area contributed by atoms with Crippen molar-refractivity contribution in [1.82, 2.24) is 9.80 Å². The molecule has 33 heavy (non-hydrogen) atoms. The summed E-state index contributed by atoms with van der Waals surface area (Å²) >= 11 is 1.50. The van der Waals surface area contributed by atoms with E-state index in [9.17, 15) is 9.59 Å². The second kappa shape index (κ2) is 9.49. The Morgan fingerprint density at radius 1 is 0.939 bits per heavy atom. The average Bonchev–Trinajstić information content (AvgIpc) is 3.64. The van der Waals surface area contributed by atoms with Crippen molar-refractivity contribution in [3.8, 4) is 0 Å². The third kappa shape index (κ3) is 4.45. The van der Waals surface area contributed by atoms with Gasteiger partial charge in [0.1, 0.15) is 6.04 Å². The van der Waals surface area contributed by atoms with Gasteiger partial charge in [-0.2, -0.15) is 0 Å². The third-order valence-corrected chi connectivity index (χ3v) is 7.95. The van der Waals surface area contributed by atoms with Crippen molar-refractivity contribution in [2.24, 2.45) is 5.73 Å². The van der Waals surface area contributed by atoms with Crippen molar-refractivity contribution in [3.63, 3.8) is 0 Å². The van der Waals surface area contributed by atoms with Crippen LogP contribution in [0.2, 0.25) is 0 Å². The van der Waals surface area contributed by atoms with Crippen molar-refractivity contribution in [2.75, 3.05) is 19.6 Å². The first kappa shape index (κ1) is 21.9. The standard InChI is InChI=1S/C27H29N3O2S/c28-15-24-13-23(18-33-24)26(31)30-17-22(20-9-5-2-6-10-20)14-25(30)27(32)29-12-11-21(16-29)19-7-3-1-4-8-19/h1-10,13,18,21-22,25H,11-12,14-17,28H2/t21?,22-,25-/m0/s1. The molecule has 5 rings (SSSR count). The summed E-state index contributed by atoms with van der Waals surface area (Å²) in [5.74, 6) is 0.523. The van der Waals surface area contributed by atoms with Gasteiger partial charge in [0.2, 0.25) is 5.91 Å². The Labute approximate surface area is 198 Å².